The van der Waals surface area contributed by atoms with E-state index in [0.717, 1.165) is 6.08 Å². The number of carbonyl (C=O) groups is 3. The summed E-state index contributed by atoms with van der Waals surface area (Å²) in [5.74, 6) is -2.00. The molecule has 6 nitrogen and oxygen atoms in total. The summed E-state index contributed by atoms with van der Waals surface area (Å²) in [5, 5.41) is 4.55. The zero-order valence-corrected chi connectivity index (χ0v) is 13.9. The molecule has 26 heavy (non-hydrogen) atoms. The number of halogens is 1. The molecule has 7 heteroatoms. The van der Waals surface area contributed by atoms with Gasteiger partial charge >= 0.3 is 12.0 Å². The monoisotopic (exact) mass is 356 g/mol. The lowest BCUT2D eigenvalue weighted by atomic mass is 10.2. The maximum atomic E-state index is 13.0. The number of carbonyl (C=O) groups excluding carboxylic acids is 3. The van der Waals surface area contributed by atoms with Crippen molar-refractivity contribution in [2.45, 2.75) is 13.0 Å². The summed E-state index contributed by atoms with van der Waals surface area (Å²) in [7, 11) is 0. The highest BCUT2D eigenvalue weighted by atomic mass is 19.1. The fraction of sp³-hybridized carbons (Fsp3) is 0.105. The van der Waals surface area contributed by atoms with Gasteiger partial charge in [-0.1, -0.05) is 30.3 Å². The lowest BCUT2D eigenvalue weighted by Gasteiger charge is -2.12. The minimum absolute atomic E-state index is 0.433. The van der Waals surface area contributed by atoms with Gasteiger partial charge in [0.15, 0.2) is 6.10 Å². The van der Waals surface area contributed by atoms with Crippen molar-refractivity contribution in [1.29, 1.82) is 0 Å². The minimum Gasteiger partial charge on any atom is -0.449 e. The van der Waals surface area contributed by atoms with Crippen LogP contribution < -0.4 is 10.6 Å². The van der Waals surface area contributed by atoms with E-state index in [2.05, 4.69) is 10.6 Å². The van der Waals surface area contributed by atoms with Gasteiger partial charge in [0.1, 0.15) is 5.82 Å². The molecule has 0 radical (unpaired) electrons. The van der Waals surface area contributed by atoms with Gasteiger partial charge in [0.25, 0.3) is 5.91 Å². The Hall–Kier alpha value is -3.48. The van der Waals surface area contributed by atoms with Crippen LogP contribution in [0.4, 0.5) is 14.9 Å². The standard InChI is InChI=1S/C19H17FN2O4/c1-13(18(24)22-19(25)21-16-8-3-2-4-9-16)26-17(23)11-10-14-6-5-7-15(20)12-14/h2-13H,1H3,(H2,21,22,24,25)/b11-10+. The van der Waals surface area contributed by atoms with Gasteiger partial charge in [0.05, 0.1) is 0 Å². The van der Waals surface area contributed by atoms with Gasteiger partial charge in [0, 0.05) is 11.8 Å². The number of amides is 3. The Kier molecular flexibility index (Phi) is 6.61. The Morgan fingerprint density at radius 3 is 2.50 bits per heavy atom. The van der Waals surface area contributed by atoms with Crippen LogP contribution >= 0.6 is 0 Å². The minimum atomic E-state index is -1.18. The van der Waals surface area contributed by atoms with Crippen LogP contribution in [0.1, 0.15) is 12.5 Å². The Labute approximate surface area is 149 Å². The van der Waals surface area contributed by atoms with Gasteiger partial charge in [0.2, 0.25) is 0 Å². The molecule has 0 saturated carbocycles. The summed E-state index contributed by atoms with van der Waals surface area (Å²) in [6.45, 7) is 1.33. The zero-order chi connectivity index (χ0) is 18.9. The highest BCUT2D eigenvalue weighted by Crippen LogP contribution is 2.06. The number of para-hydroxylation sites is 1. The summed E-state index contributed by atoms with van der Waals surface area (Å²) < 4.78 is 17.9. The summed E-state index contributed by atoms with van der Waals surface area (Å²) in [4.78, 5) is 35.3. The van der Waals surface area contributed by atoms with Crippen LogP contribution in [0.15, 0.2) is 60.7 Å². The SMILES string of the molecule is CC(OC(=O)/C=C/c1cccc(F)c1)C(=O)NC(=O)Nc1ccccc1. The van der Waals surface area contributed by atoms with Crippen molar-refractivity contribution in [1.82, 2.24) is 5.32 Å². The van der Waals surface area contributed by atoms with Crippen molar-refractivity contribution in [3.63, 3.8) is 0 Å². The lowest BCUT2D eigenvalue weighted by Crippen LogP contribution is -2.41. The second-order valence-corrected chi connectivity index (χ2v) is 5.28. The Morgan fingerprint density at radius 1 is 1.08 bits per heavy atom. The number of anilines is 1. The number of rotatable bonds is 5. The molecular weight excluding hydrogens is 339 g/mol. The molecule has 0 aromatic heterocycles. The average molecular weight is 356 g/mol. The number of hydrogen-bond acceptors (Lipinski definition) is 4. The molecule has 0 bridgehead atoms. The molecule has 2 aromatic rings. The van der Waals surface area contributed by atoms with Gasteiger partial charge in [-0.15, -0.1) is 0 Å². The molecule has 0 aliphatic rings. The molecule has 2 N–H and O–H groups in total. The van der Waals surface area contributed by atoms with Crippen molar-refractivity contribution >= 4 is 29.7 Å². The summed E-state index contributed by atoms with van der Waals surface area (Å²) in [5.41, 5.74) is 0.988. The molecule has 1 unspecified atom stereocenters. The number of esters is 1. The quantitative estimate of drug-likeness (QED) is 0.637. The molecule has 0 heterocycles. The molecular formula is C19H17FN2O4. The molecule has 1 atom stereocenters. The number of urea groups is 1. The van der Waals surface area contributed by atoms with E-state index in [9.17, 15) is 18.8 Å². The third-order valence-corrected chi connectivity index (χ3v) is 3.19. The average Bonchev–Trinajstić information content (AvgIpc) is 2.60. The van der Waals surface area contributed by atoms with E-state index in [1.807, 2.05) is 0 Å². The Balaban J connectivity index is 1.82. The molecule has 0 aliphatic heterocycles. The largest absolute Gasteiger partial charge is 0.449 e. The maximum absolute atomic E-state index is 13.0. The molecule has 2 rings (SSSR count). The van der Waals surface area contributed by atoms with E-state index in [1.54, 1.807) is 36.4 Å². The third-order valence-electron chi connectivity index (χ3n) is 3.19. The molecule has 0 fully saturated rings. The second-order valence-electron chi connectivity index (χ2n) is 5.28. The molecule has 3 amide bonds. The van der Waals surface area contributed by atoms with Crippen LogP contribution in [0.2, 0.25) is 0 Å². The fourth-order valence-electron chi connectivity index (χ4n) is 1.94. The number of benzene rings is 2. The summed E-state index contributed by atoms with van der Waals surface area (Å²) in [6, 6.07) is 13.5. The smallest absolute Gasteiger partial charge is 0.331 e. The van der Waals surface area contributed by atoms with Gasteiger partial charge < -0.3 is 10.1 Å². The first-order valence-corrected chi connectivity index (χ1v) is 7.75. The molecule has 0 aliphatic carbocycles. The molecule has 0 spiro atoms. The second kappa shape index (κ2) is 9.12. The lowest BCUT2D eigenvalue weighted by molar-refractivity contribution is -0.149. The first-order chi connectivity index (χ1) is 12.4. The first kappa shape index (κ1) is 18.9. The van der Waals surface area contributed by atoms with Crippen molar-refractivity contribution in [3.8, 4) is 0 Å². The molecule has 134 valence electrons. The molecule has 2 aromatic carbocycles. The summed E-state index contributed by atoms with van der Waals surface area (Å²) >= 11 is 0. The van der Waals surface area contributed by atoms with E-state index in [-0.39, 0.29) is 0 Å². The third kappa shape index (κ3) is 6.20. The van der Waals surface area contributed by atoms with Crippen LogP contribution in [0, 0.1) is 5.82 Å². The van der Waals surface area contributed by atoms with Crippen molar-refractivity contribution in [2.75, 3.05) is 5.32 Å². The number of hydrogen-bond donors (Lipinski definition) is 2. The normalized spacial score (nSPS) is 11.6. The number of nitrogens with one attached hydrogen (secondary N) is 2. The highest BCUT2D eigenvalue weighted by molar-refractivity contribution is 6.03. The Bertz CT molecular complexity index is 821. The van der Waals surface area contributed by atoms with Crippen LogP contribution in [0.25, 0.3) is 6.08 Å². The Morgan fingerprint density at radius 2 is 1.81 bits per heavy atom. The number of imide groups is 1. The predicted molar refractivity (Wildman–Crippen MR) is 94.6 cm³/mol. The first-order valence-electron chi connectivity index (χ1n) is 7.75. The van der Waals surface area contributed by atoms with Gasteiger partial charge in [-0.25, -0.2) is 14.0 Å². The van der Waals surface area contributed by atoms with E-state index in [0.29, 0.717) is 11.3 Å². The van der Waals surface area contributed by atoms with Crippen LogP contribution in [0.5, 0.6) is 0 Å². The van der Waals surface area contributed by atoms with Crippen molar-refractivity contribution < 1.29 is 23.5 Å². The fourth-order valence-corrected chi connectivity index (χ4v) is 1.94. The molecule has 0 saturated heterocycles. The maximum Gasteiger partial charge on any atom is 0.331 e. The topological polar surface area (TPSA) is 84.5 Å². The van der Waals surface area contributed by atoms with Gasteiger partial charge in [-0.05, 0) is 42.8 Å². The van der Waals surface area contributed by atoms with E-state index in [4.69, 9.17) is 4.74 Å². The van der Waals surface area contributed by atoms with Crippen LogP contribution in [-0.4, -0.2) is 24.0 Å². The van der Waals surface area contributed by atoms with Crippen LogP contribution in [-0.2, 0) is 14.3 Å². The van der Waals surface area contributed by atoms with E-state index >= 15 is 0 Å². The highest BCUT2D eigenvalue weighted by Gasteiger charge is 2.19. The van der Waals surface area contributed by atoms with E-state index in [1.165, 1.54) is 31.2 Å². The van der Waals surface area contributed by atoms with Crippen molar-refractivity contribution in [3.05, 3.63) is 72.1 Å². The van der Waals surface area contributed by atoms with Gasteiger partial charge in [-0.2, -0.15) is 0 Å². The number of ether oxygens (including phenoxy) is 1. The zero-order valence-electron chi connectivity index (χ0n) is 13.9. The predicted octanol–water partition coefficient (Wildman–Crippen LogP) is 3.12. The van der Waals surface area contributed by atoms with Crippen molar-refractivity contribution in [2.24, 2.45) is 0 Å². The van der Waals surface area contributed by atoms with E-state index < -0.39 is 29.8 Å². The summed E-state index contributed by atoms with van der Waals surface area (Å²) in [6.07, 6.45) is 1.25. The van der Waals surface area contributed by atoms with Gasteiger partial charge in [-0.3, -0.25) is 10.1 Å². The van der Waals surface area contributed by atoms with Crippen LogP contribution in [0.3, 0.4) is 0 Å².